The number of imidazole rings is 1. The van der Waals surface area contributed by atoms with Gasteiger partial charge in [-0.3, -0.25) is 9.36 Å². The van der Waals surface area contributed by atoms with Crippen LogP contribution in [0.15, 0.2) is 12.7 Å². The maximum absolute atomic E-state index is 11.3. The maximum Gasteiger partial charge on any atom is 0.303 e. The SMILES string of the molecule is CC(=O)O[C@@H]1[C@@H](Br)[C@@H](CO)O[C@H]1n1cnc2c(N)ncnc21. The van der Waals surface area contributed by atoms with Crippen LogP contribution in [0.3, 0.4) is 0 Å². The number of rotatable bonds is 3. The smallest absolute Gasteiger partial charge is 0.303 e. The first kappa shape index (κ1) is 15.1. The van der Waals surface area contributed by atoms with Crippen molar-refractivity contribution >= 4 is 38.9 Å². The number of carbonyl (C=O) groups excluding carboxylic acids is 1. The molecular weight excluding hydrogens is 358 g/mol. The van der Waals surface area contributed by atoms with Gasteiger partial charge in [0, 0.05) is 6.92 Å². The predicted molar refractivity (Wildman–Crippen MR) is 79.0 cm³/mol. The van der Waals surface area contributed by atoms with Gasteiger partial charge in [0.25, 0.3) is 0 Å². The second-order valence-corrected chi connectivity index (χ2v) is 5.91. The van der Waals surface area contributed by atoms with E-state index in [1.54, 1.807) is 4.57 Å². The minimum absolute atomic E-state index is 0.214. The summed E-state index contributed by atoms with van der Waals surface area (Å²) in [6.07, 6.45) is 0.982. The number of alkyl halides is 1. The Labute approximate surface area is 133 Å². The number of ether oxygens (including phenoxy) is 2. The van der Waals surface area contributed by atoms with Gasteiger partial charge in [0.2, 0.25) is 0 Å². The van der Waals surface area contributed by atoms with E-state index in [2.05, 4.69) is 30.9 Å². The third kappa shape index (κ3) is 2.42. The van der Waals surface area contributed by atoms with Crippen LogP contribution in [0, 0.1) is 0 Å². The van der Waals surface area contributed by atoms with E-state index in [0.29, 0.717) is 11.2 Å². The number of halogens is 1. The third-order valence-corrected chi connectivity index (χ3v) is 4.52. The number of carbonyl (C=O) groups is 1. The van der Waals surface area contributed by atoms with E-state index >= 15 is 0 Å². The van der Waals surface area contributed by atoms with Gasteiger partial charge in [-0.1, -0.05) is 15.9 Å². The lowest BCUT2D eigenvalue weighted by atomic mass is 10.2. The molecule has 1 saturated heterocycles. The van der Waals surface area contributed by atoms with Crippen LogP contribution in [0.2, 0.25) is 0 Å². The molecule has 3 rings (SSSR count). The van der Waals surface area contributed by atoms with Crippen LogP contribution in [0.1, 0.15) is 13.2 Å². The van der Waals surface area contributed by atoms with E-state index in [9.17, 15) is 9.90 Å². The molecular formula is C12H14BrN5O4. The molecule has 4 atom stereocenters. The lowest BCUT2D eigenvalue weighted by molar-refractivity contribution is -0.152. The molecule has 0 bridgehead atoms. The number of nitrogens with zero attached hydrogens (tertiary/aromatic N) is 4. The van der Waals surface area contributed by atoms with Crippen molar-refractivity contribution < 1.29 is 19.4 Å². The van der Waals surface area contributed by atoms with Crippen molar-refractivity contribution in [2.24, 2.45) is 0 Å². The summed E-state index contributed by atoms with van der Waals surface area (Å²) in [5.74, 6) is -0.194. The van der Waals surface area contributed by atoms with Crippen molar-refractivity contribution in [1.82, 2.24) is 19.5 Å². The molecule has 0 amide bonds. The Morgan fingerprint density at radius 2 is 2.32 bits per heavy atom. The second kappa shape index (κ2) is 5.78. The number of fused-ring (bicyclic) bond motifs is 1. The normalized spacial score (nSPS) is 28.1. The van der Waals surface area contributed by atoms with E-state index in [1.165, 1.54) is 19.6 Å². The molecule has 2 aromatic heterocycles. The monoisotopic (exact) mass is 371 g/mol. The summed E-state index contributed by atoms with van der Waals surface area (Å²) < 4.78 is 12.7. The van der Waals surface area contributed by atoms with Gasteiger partial charge in [-0.05, 0) is 0 Å². The molecule has 0 radical (unpaired) electrons. The molecule has 1 fully saturated rings. The van der Waals surface area contributed by atoms with Crippen molar-refractivity contribution in [2.45, 2.75) is 30.2 Å². The first-order chi connectivity index (χ1) is 10.5. The van der Waals surface area contributed by atoms with Crippen LogP contribution in [-0.2, 0) is 14.3 Å². The molecule has 0 aromatic carbocycles. The van der Waals surface area contributed by atoms with Crippen LogP contribution < -0.4 is 5.73 Å². The Morgan fingerprint density at radius 1 is 1.55 bits per heavy atom. The lowest BCUT2D eigenvalue weighted by Gasteiger charge is -2.21. The fraction of sp³-hybridized carbons (Fsp3) is 0.500. The molecule has 118 valence electrons. The zero-order chi connectivity index (χ0) is 15.9. The number of aromatic nitrogens is 4. The standard InChI is InChI=1S/C12H14BrN5O4/c1-5(20)21-9-7(13)6(2-19)22-12(9)18-4-17-8-10(14)15-3-16-11(8)18/h3-4,6-7,9,12,19H,2H2,1H3,(H2,14,15,16)/t6-,7+,9-,12-/m1/s1. The fourth-order valence-electron chi connectivity index (χ4n) is 2.44. The van der Waals surface area contributed by atoms with Crippen molar-refractivity contribution in [3.05, 3.63) is 12.7 Å². The highest BCUT2D eigenvalue weighted by Gasteiger charge is 2.46. The first-order valence-electron chi connectivity index (χ1n) is 6.53. The quantitative estimate of drug-likeness (QED) is 0.570. The Hall–Kier alpha value is -1.78. The van der Waals surface area contributed by atoms with Crippen LogP contribution in [0.25, 0.3) is 11.2 Å². The van der Waals surface area contributed by atoms with Crippen molar-refractivity contribution in [3.8, 4) is 0 Å². The highest BCUT2D eigenvalue weighted by molar-refractivity contribution is 9.09. The molecule has 9 nitrogen and oxygen atoms in total. The summed E-state index contributed by atoms with van der Waals surface area (Å²) in [5.41, 5.74) is 6.66. The van der Waals surface area contributed by atoms with E-state index in [1.807, 2.05) is 0 Å². The van der Waals surface area contributed by atoms with Crippen LogP contribution in [-0.4, -0.2) is 54.2 Å². The van der Waals surface area contributed by atoms with Crippen molar-refractivity contribution in [2.75, 3.05) is 12.3 Å². The Balaban J connectivity index is 2.03. The van der Waals surface area contributed by atoms with E-state index < -0.39 is 24.4 Å². The maximum atomic E-state index is 11.3. The summed E-state index contributed by atoms with van der Waals surface area (Å²) in [4.78, 5) is 23.2. The van der Waals surface area contributed by atoms with E-state index in [-0.39, 0.29) is 17.3 Å². The highest BCUT2D eigenvalue weighted by atomic mass is 79.9. The molecule has 2 aromatic rings. The summed E-state index contributed by atoms with van der Waals surface area (Å²) in [6, 6.07) is 0. The number of hydrogen-bond acceptors (Lipinski definition) is 8. The number of nitrogens with two attached hydrogens (primary N) is 1. The van der Waals surface area contributed by atoms with Gasteiger partial charge in [-0.2, -0.15) is 0 Å². The number of hydrogen-bond donors (Lipinski definition) is 2. The zero-order valence-electron chi connectivity index (χ0n) is 11.6. The van der Waals surface area contributed by atoms with Crippen molar-refractivity contribution in [3.63, 3.8) is 0 Å². The number of anilines is 1. The van der Waals surface area contributed by atoms with Crippen molar-refractivity contribution in [1.29, 1.82) is 0 Å². The Kier molecular flexibility index (Phi) is 3.98. The fourth-order valence-corrected chi connectivity index (χ4v) is 3.10. The molecule has 3 N–H and O–H groups in total. The van der Waals surface area contributed by atoms with Gasteiger partial charge in [0.05, 0.1) is 23.9 Å². The van der Waals surface area contributed by atoms with Gasteiger partial charge in [-0.25, -0.2) is 15.0 Å². The first-order valence-corrected chi connectivity index (χ1v) is 7.45. The Morgan fingerprint density at radius 3 is 3.00 bits per heavy atom. The molecule has 0 unspecified atom stereocenters. The van der Waals surface area contributed by atoms with Crippen LogP contribution in [0.5, 0.6) is 0 Å². The van der Waals surface area contributed by atoms with Crippen LogP contribution in [0.4, 0.5) is 5.82 Å². The van der Waals surface area contributed by atoms with Gasteiger partial charge in [0.15, 0.2) is 23.8 Å². The number of nitrogen functional groups attached to an aromatic ring is 1. The Bertz CT molecular complexity index is 708. The van der Waals surface area contributed by atoms with Gasteiger partial charge >= 0.3 is 5.97 Å². The molecule has 1 aliphatic heterocycles. The number of esters is 1. The molecule has 3 heterocycles. The molecule has 0 spiro atoms. The average molecular weight is 372 g/mol. The molecule has 22 heavy (non-hydrogen) atoms. The number of aliphatic hydroxyl groups excluding tert-OH is 1. The van der Waals surface area contributed by atoms with Gasteiger partial charge < -0.3 is 20.3 Å². The molecule has 0 aliphatic carbocycles. The summed E-state index contributed by atoms with van der Waals surface area (Å²) >= 11 is 3.41. The molecule has 0 saturated carbocycles. The summed E-state index contributed by atoms with van der Waals surface area (Å²) in [5, 5.41) is 9.40. The molecule has 1 aliphatic rings. The molecule has 10 heteroatoms. The zero-order valence-corrected chi connectivity index (χ0v) is 13.2. The summed E-state index contributed by atoms with van der Waals surface area (Å²) in [6.45, 7) is 1.10. The van der Waals surface area contributed by atoms with Gasteiger partial charge in [-0.15, -0.1) is 0 Å². The minimum atomic E-state index is -0.676. The van der Waals surface area contributed by atoms with E-state index in [4.69, 9.17) is 15.2 Å². The average Bonchev–Trinajstić information content (AvgIpc) is 3.02. The predicted octanol–water partition coefficient (Wildman–Crippen LogP) is -0.00660. The highest BCUT2D eigenvalue weighted by Crippen LogP contribution is 2.37. The summed E-state index contributed by atoms with van der Waals surface area (Å²) in [7, 11) is 0. The lowest BCUT2D eigenvalue weighted by Crippen LogP contribution is -2.32. The largest absolute Gasteiger partial charge is 0.456 e. The third-order valence-electron chi connectivity index (χ3n) is 3.41. The topological polar surface area (TPSA) is 125 Å². The minimum Gasteiger partial charge on any atom is -0.456 e. The second-order valence-electron chi connectivity index (χ2n) is 4.85. The number of aliphatic hydroxyl groups is 1. The van der Waals surface area contributed by atoms with Crippen LogP contribution >= 0.6 is 15.9 Å². The van der Waals surface area contributed by atoms with Gasteiger partial charge in [0.1, 0.15) is 11.8 Å². The van der Waals surface area contributed by atoms with E-state index in [0.717, 1.165) is 0 Å².